The summed E-state index contributed by atoms with van der Waals surface area (Å²) in [5, 5.41) is 0. The molecule has 0 saturated heterocycles. The van der Waals surface area contributed by atoms with E-state index in [1.807, 2.05) is 13.8 Å². The molecule has 0 bridgehead atoms. The zero-order chi connectivity index (χ0) is 33.4. The summed E-state index contributed by atoms with van der Waals surface area (Å²) in [7, 11) is 0. The number of esters is 4. The maximum Gasteiger partial charge on any atom is 0.352 e. The molecule has 0 saturated carbocycles. The fraction of sp³-hybridized carbons (Fsp3) is 0.517. The Hall–Kier alpha value is -4.70. The molecule has 1 aromatic carbocycles. The molecule has 2 aliphatic heterocycles. The van der Waals surface area contributed by atoms with Crippen molar-refractivity contribution >= 4 is 34.9 Å². The van der Waals surface area contributed by atoms with Crippen molar-refractivity contribution in [3.8, 4) is 11.5 Å². The Morgan fingerprint density at radius 1 is 0.822 bits per heavy atom. The lowest BCUT2D eigenvalue weighted by Crippen LogP contribution is -2.49. The van der Waals surface area contributed by atoms with Gasteiger partial charge in [-0.15, -0.1) is 0 Å². The molecule has 0 aliphatic carbocycles. The van der Waals surface area contributed by atoms with E-state index in [1.165, 1.54) is 4.57 Å². The van der Waals surface area contributed by atoms with Crippen LogP contribution in [-0.4, -0.2) is 87.7 Å². The van der Waals surface area contributed by atoms with Crippen LogP contribution in [0.15, 0.2) is 21.7 Å². The number of benzene rings is 1. The first-order valence-corrected chi connectivity index (χ1v) is 14.1. The smallest absolute Gasteiger partial charge is 0.352 e. The molecule has 244 valence electrons. The standard InChI is InChI=1S/C29H37N5O11/c1-15-11-21-22(12-16(15)2)34(27-25(31-21)28(39)33(29(40)32-27)8-10-41-9-7-30)13-23(43-18(4)36)26(45-20(6)38)24(44-19(5)37)14-42-17(3)35/h11-12,23-24,26H,7-10,13-14,30H2,1-6H3/t23-,24+,26-/m1/s1. The van der Waals surface area contributed by atoms with E-state index < -0.39 is 60.0 Å². The summed E-state index contributed by atoms with van der Waals surface area (Å²) in [5.41, 5.74) is 6.12. The average molecular weight is 632 g/mol. The molecule has 0 amide bonds. The van der Waals surface area contributed by atoms with Crippen LogP contribution < -0.4 is 17.0 Å². The van der Waals surface area contributed by atoms with Gasteiger partial charge >= 0.3 is 29.6 Å². The predicted octanol–water partition coefficient (Wildman–Crippen LogP) is 0.00834. The molecule has 0 spiro atoms. The zero-order valence-electron chi connectivity index (χ0n) is 26.0. The number of carbonyl (C=O) groups excluding carboxylic acids is 4. The average Bonchev–Trinajstić information content (AvgIpc) is 2.94. The largest absolute Gasteiger partial charge is 0.462 e. The number of hydrogen-bond donors (Lipinski definition) is 1. The Kier molecular flexibility index (Phi) is 11.9. The molecule has 16 nitrogen and oxygen atoms in total. The predicted molar refractivity (Wildman–Crippen MR) is 157 cm³/mol. The SMILES string of the molecule is CC(=O)OC[C@H](OC(C)=O)[C@H](OC(C)=O)[C@@H](Cn1c2nc(=O)n(CCOCCN)c(=O)c-2nc2cc(C)c(C)cc21)OC(C)=O. The third-order valence-corrected chi connectivity index (χ3v) is 6.67. The lowest BCUT2D eigenvalue weighted by molar-refractivity contribution is -0.190. The van der Waals surface area contributed by atoms with E-state index in [9.17, 15) is 28.8 Å². The third-order valence-electron chi connectivity index (χ3n) is 6.67. The molecule has 2 aliphatic rings. The first-order chi connectivity index (χ1) is 21.2. The summed E-state index contributed by atoms with van der Waals surface area (Å²) >= 11 is 0. The van der Waals surface area contributed by atoms with E-state index in [2.05, 4.69) is 9.97 Å². The van der Waals surface area contributed by atoms with Crippen LogP contribution in [0.1, 0.15) is 38.8 Å². The Labute approximate surface area is 257 Å². The second-order valence-corrected chi connectivity index (χ2v) is 10.2. The third kappa shape index (κ3) is 8.92. The summed E-state index contributed by atoms with van der Waals surface area (Å²) in [5.74, 6) is -3.25. The number of aromatic nitrogens is 4. The van der Waals surface area contributed by atoms with Gasteiger partial charge in [0.2, 0.25) is 0 Å². The van der Waals surface area contributed by atoms with Crippen molar-refractivity contribution in [3.05, 3.63) is 44.1 Å². The van der Waals surface area contributed by atoms with E-state index >= 15 is 0 Å². The summed E-state index contributed by atoms with van der Waals surface area (Å²) in [6.07, 6.45) is -4.31. The second kappa shape index (κ2) is 15.3. The molecule has 16 heteroatoms. The highest BCUT2D eigenvalue weighted by molar-refractivity contribution is 5.81. The van der Waals surface area contributed by atoms with Crippen molar-refractivity contribution in [1.29, 1.82) is 0 Å². The maximum atomic E-state index is 13.6. The molecule has 1 aromatic rings. The van der Waals surface area contributed by atoms with Crippen molar-refractivity contribution in [2.45, 2.75) is 72.9 Å². The van der Waals surface area contributed by atoms with Gasteiger partial charge in [0.15, 0.2) is 29.8 Å². The van der Waals surface area contributed by atoms with E-state index in [4.69, 9.17) is 29.4 Å². The van der Waals surface area contributed by atoms with Crippen molar-refractivity contribution in [2.24, 2.45) is 5.73 Å². The summed E-state index contributed by atoms with van der Waals surface area (Å²) in [6.45, 7) is 7.67. The number of nitrogens with two attached hydrogens (primary N) is 1. The number of hydrogen-bond acceptors (Lipinski definition) is 14. The minimum absolute atomic E-state index is 0.0316. The molecule has 45 heavy (non-hydrogen) atoms. The van der Waals surface area contributed by atoms with Crippen LogP contribution in [0.3, 0.4) is 0 Å². The number of nitrogens with zero attached hydrogens (tertiary/aromatic N) is 4. The van der Waals surface area contributed by atoms with Crippen LogP contribution in [0.4, 0.5) is 0 Å². The van der Waals surface area contributed by atoms with E-state index in [0.717, 1.165) is 43.4 Å². The van der Waals surface area contributed by atoms with Crippen LogP contribution in [-0.2, 0) is 56.0 Å². The van der Waals surface area contributed by atoms with Crippen molar-refractivity contribution in [2.75, 3.05) is 26.4 Å². The second-order valence-electron chi connectivity index (χ2n) is 10.2. The Balaban J connectivity index is 2.29. The monoisotopic (exact) mass is 631 g/mol. The Morgan fingerprint density at radius 3 is 2.04 bits per heavy atom. The van der Waals surface area contributed by atoms with Crippen LogP contribution in [0.5, 0.6) is 0 Å². The fourth-order valence-corrected chi connectivity index (χ4v) is 4.64. The molecule has 2 N–H and O–H groups in total. The fourth-order valence-electron chi connectivity index (χ4n) is 4.64. The van der Waals surface area contributed by atoms with Gasteiger partial charge in [-0.3, -0.25) is 28.5 Å². The van der Waals surface area contributed by atoms with Crippen LogP contribution in [0.25, 0.3) is 22.6 Å². The minimum Gasteiger partial charge on any atom is -0.462 e. The number of fused-ring (bicyclic) bond motifs is 2. The van der Waals surface area contributed by atoms with Gasteiger partial charge in [0.05, 0.1) is 37.3 Å². The molecule has 0 radical (unpaired) electrons. The van der Waals surface area contributed by atoms with Gasteiger partial charge in [-0.05, 0) is 37.1 Å². The van der Waals surface area contributed by atoms with Crippen LogP contribution in [0.2, 0.25) is 0 Å². The lowest BCUT2D eigenvalue weighted by Gasteiger charge is -2.32. The van der Waals surface area contributed by atoms with Gasteiger partial charge in [-0.25, -0.2) is 9.78 Å². The summed E-state index contributed by atoms with van der Waals surface area (Å²) < 4.78 is 29.2. The molecule has 0 aromatic heterocycles. The summed E-state index contributed by atoms with van der Waals surface area (Å²) in [6, 6.07) is 3.50. The molecular weight excluding hydrogens is 594 g/mol. The highest BCUT2D eigenvalue weighted by atomic mass is 16.6. The van der Waals surface area contributed by atoms with Crippen molar-refractivity contribution in [1.82, 2.24) is 19.1 Å². The van der Waals surface area contributed by atoms with Gasteiger partial charge in [-0.2, -0.15) is 4.98 Å². The Morgan fingerprint density at radius 2 is 1.44 bits per heavy atom. The van der Waals surface area contributed by atoms with Crippen LogP contribution >= 0.6 is 0 Å². The van der Waals surface area contributed by atoms with E-state index in [1.54, 1.807) is 12.1 Å². The van der Waals surface area contributed by atoms with Crippen molar-refractivity contribution in [3.63, 3.8) is 0 Å². The Bertz CT molecular complexity index is 1660. The highest BCUT2D eigenvalue weighted by Gasteiger charge is 2.39. The van der Waals surface area contributed by atoms with E-state index in [-0.39, 0.29) is 44.4 Å². The highest BCUT2D eigenvalue weighted by Crippen LogP contribution is 2.26. The maximum absolute atomic E-state index is 13.6. The summed E-state index contributed by atoms with van der Waals surface area (Å²) in [4.78, 5) is 83.6. The topological polar surface area (TPSA) is 210 Å². The van der Waals surface area contributed by atoms with Gasteiger partial charge in [0.1, 0.15) is 6.61 Å². The first-order valence-electron chi connectivity index (χ1n) is 14.1. The van der Waals surface area contributed by atoms with Gasteiger partial charge in [0, 0.05) is 34.2 Å². The first kappa shape index (κ1) is 34.8. The number of ether oxygens (including phenoxy) is 5. The molecule has 3 rings (SSSR count). The molecule has 3 atom stereocenters. The van der Waals surface area contributed by atoms with Gasteiger partial charge < -0.3 is 34.0 Å². The minimum atomic E-state index is -1.50. The zero-order valence-corrected chi connectivity index (χ0v) is 26.0. The molecule has 2 heterocycles. The molecule has 0 unspecified atom stereocenters. The number of carbonyl (C=O) groups is 4. The molecular formula is C29H37N5O11. The van der Waals surface area contributed by atoms with E-state index in [0.29, 0.717) is 11.0 Å². The van der Waals surface area contributed by atoms with Gasteiger partial charge in [-0.1, -0.05) is 0 Å². The van der Waals surface area contributed by atoms with Crippen molar-refractivity contribution < 1.29 is 42.9 Å². The normalized spacial score (nSPS) is 13.2. The number of aryl methyl sites for hydroxylation is 2. The molecule has 0 fully saturated rings. The van der Waals surface area contributed by atoms with Crippen LogP contribution in [0, 0.1) is 13.8 Å². The lowest BCUT2D eigenvalue weighted by atomic mass is 10.1. The number of rotatable bonds is 14. The van der Waals surface area contributed by atoms with Gasteiger partial charge in [0.25, 0.3) is 5.56 Å². The quantitative estimate of drug-likeness (QED) is 0.108.